The molecule has 0 spiro atoms. The lowest BCUT2D eigenvalue weighted by molar-refractivity contribution is -0.120. The fourth-order valence-corrected chi connectivity index (χ4v) is 2.49. The summed E-state index contributed by atoms with van der Waals surface area (Å²) >= 11 is 0. The van der Waals surface area contributed by atoms with E-state index >= 15 is 0 Å². The molecule has 3 amide bonds. The third-order valence-electron chi connectivity index (χ3n) is 4.06. The highest BCUT2D eigenvalue weighted by atomic mass is 16.5. The topological polar surface area (TPSA) is 111 Å². The van der Waals surface area contributed by atoms with E-state index in [9.17, 15) is 14.4 Å². The molecule has 7 nitrogen and oxygen atoms in total. The van der Waals surface area contributed by atoms with Gasteiger partial charge in [-0.1, -0.05) is 24.3 Å². The SMILES string of the molecule is CNC(=O)CCc1ccc(CCCOCC(CCC(N)=O)NC=O)cc1. The number of rotatable bonds is 14. The van der Waals surface area contributed by atoms with Gasteiger partial charge < -0.3 is 21.1 Å². The number of hydrogen-bond donors (Lipinski definition) is 3. The van der Waals surface area contributed by atoms with Gasteiger partial charge in [-0.3, -0.25) is 14.4 Å². The molecule has 0 aliphatic heterocycles. The van der Waals surface area contributed by atoms with Crippen molar-refractivity contribution in [2.75, 3.05) is 20.3 Å². The lowest BCUT2D eigenvalue weighted by Gasteiger charge is -2.15. The van der Waals surface area contributed by atoms with Crippen LogP contribution < -0.4 is 16.4 Å². The van der Waals surface area contributed by atoms with Crippen LogP contribution in [0.15, 0.2) is 24.3 Å². The molecule has 0 saturated carbocycles. The van der Waals surface area contributed by atoms with Gasteiger partial charge in [-0.15, -0.1) is 0 Å². The third kappa shape index (κ3) is 9.78. The fourth-order valence-electron chi connectivity index (χ4n) is 2.49. The van der Waals surface area contributed by atoms with E-state index in [0.717, 1.165) is 24.8 Å². The maximum Gasteiger partial charge on any atom is 0.220 e. The Morgan fingerprint density at radius 1 is 1.15 bits per heavy atom. The molecular formula is C19H29N3O4. The molecule has 1 aromatic rings. The predicted octanol–water partition coefficient (Wildman–Crippen LogP) is 0.695. The minimum absolute atomic E-state index is 0.0458. The smallest absolute Gasteiger partial charge is 0.220 e. The van der Waals surface area contributed by atoms with Gasteiger partial charge in [-0.25, -0.2) is 0 Å². The molecule has 0 heterocycles. The van der Waals surface area contributed by atoms with E-state index in [1.807, 2.05) is 12.1 Å². The van der Waals surface area contributed by atoms with Gasteiger partial charge in [0.1, 0.15) is 0 Å². The Bertz CT molecular complexity index is 560. The maximum atomic E-state index is 11.2. The van der Waals surface area contributed by atoms with E-state index < -0.39 is 0 Å². The normalized spacial score (nSPS) is 11.6. The van der Waals surface area contributed by atoms with Crippen LogP contribution in [-0.4, -0.2) is 44.5 Å². The first kappa shape index (κ1) is 21.6. The minimum atomic E-state index is -0.388. The van der Waals surface area contributed by atoms with Gasteiger partial charge in [0.05, 0.1) is 12.6 Å². The summed E-state index contributed by atoms with van der Waals surface area (Å²) in [6, 6.07) is 8.05. The molecule has 4 N–H and O–H groups in total. The largest absolute Gasteiger partial charge is 0.379 e. The van der Waals surface area contributed by atoms with E-state index in [2.05, 4.69) is 22.8 Å². The van der Waals surface area contributed by atoms with Crippen LogP contribution in [0.1, 0.15) is 36.8 Å². The summed E-state index contributed by atoms with van der Waals surface area (Å²) in [6.07, 6.45) is 4.30. The molecule has 0 aliphatic carbocycles. The second kappa shape index (κ2) is 12.9. The molecule has 7 heteroatoms. The van der Waals surface area contributed by atoms with Crippen molar-refractivity contribution in [2.45, 2.75) is 44.6 Å². The van der Waals surface area contributed by atoms with Crippen LogP contribution in [0.4, 0.5) is 0 Å². The van der Waals surface area contributed by atoms with Crippen LogP contribution in [0.5, 0.6) is 0 Å². The lowest BCUT2D eigenvalue weighted by Crippen LogP contribution is -2.33. The van der Waals surface area contributed by atoms with Crippen molar-refractivity contribution >= 4 is 18.2 Å². The van der Waals surface area contributed by atoms with E-state index in [4.69, 9.17) is 10.5 Å². The summed E-state index contributed by atoms with van der Waals surface area (Å²) in [5, 5.41) is 5.25. The molecular weight excluding hydrogens is 334 g/mol. The Morgan fingerprint density at radius 3 is 2.38 bits per heavy atom. The third-order valence-corrected chi connectivity index (χ3v) is 4.06. The zero-order valence-electron chi connectivity index (χ0n) is 15.3. The van der Waals surface area contributed by atoms with Crippen LogP contribution in [-0.2, 0) is 32.0 Å². The number of carbonyl (C=O) groups is 3. The highest BCUT2D eigenvalue weighted by Gasteiger charge is 2.09. The number of hydrogen-bond acceptors (Lipinski definition) is 4. The Kier molecular flexibility index (Phi) is 10.7. The molecule has 144 valence electrons. The molecule has 0 radical (unpaired) electrons. The van der Waals surface area contributed by atoms with Crippen molar-refractivity contribution in [1.29, 1.82) is 0 Å². The summed E-state index contributed by atoms with van der Waals surface area (Å²) in [7, 11) is 1.64. The van der Waals surface area contributed by atoms with Crippen molar-refractivity contribution in [2.24, 2.45) is 5.73 Å². The van der Waals surface area contributed by atoms with Crippen LogP contribution in [0, 0.1) is 0 Å². The first-order valence-corrected chi connectivity index (χ1v) is 8.89. The van der Waals surface area contributed by atoms with Gasteiger partial charge in [0.25, 0.3) is 0 Å². The number of primary amides is 1. The second-order valence-electron chi connectivity index (χ2n) is 6.15. The van der Waals surface area contributed by atoms with E-state index in [1.165, 1.54) is 5.56 Å². The average molecular weight is 363 g/mol. The summed E-state index contributed by atoms with van der Waals surface area (Å²) in [6.45, 7) is 0.941. The van der Waals surface area contributed by atoms with Crippen molar-refractivity contribution in [1.82, 2.24) is 10.6 Å². The Balaban J connectivity index is 2.22. The number of benzene rings is 1. The number of aryl methyl sites for hydroxylation is 2. The van der Waals surface area contributed by atoms with Gasteiger partial charge in [0.2, 0.25) is 18.2 Å². The van der Waals surface area contributed by atoms with E-state index in [-0.39, 0.29) is 24.3 Å². The molecule has 0 bridgehead atoms. The first-order valence-electron chi connectivity index (χ1n) is 8.89. The molecule has 1 unspecified atom stereocenters. The molecule has 0 aliphatic rings. The number of carbonyl (C=O) groups excluding carboxylic acids is 3. The molecule has 26 heavy (non-hydrogen) atoms. The van der Waals surface area contributed by atoms with Crippen LogP contribution in [0.25, 0.3) is 0 Å². The molecule has 0 aromatic heterocycles. The molecule has 0 saturated heterocycles. The first-order chi connectivity index (χ1) is 12.5. The van der Waals surface area contributed by atoms with Crippen molar-refractivity contribution in [3.05, 3.63) is 35.4 Å². The summed E-state index contributed by atoms with van der Waals surface area (Å²) < 4.78 is 5.59. The van der Waals surface area contributed by atoms with Gasteiger partial charge in [-0.05, 0) is 36.8 Å². The summed E-state index contributed by atoms with van der Waals surface area (Å²) in [5.74, 6) is -0.342. The fraction of sp³-hybridized carbons (Fsp3) is 0.526. The standard InChI is InChI=1S/C19H29N3O4/c1-21-19(25)11-8-16-6-4-15(5-7-16)3-2-12-26-13-17(22-14-23)9-10-18(20)24/h4-7,14,17H,2-3,8-13H2,1H3,(H2,20,24)(H,21,25)(H,22,23). The summed E-state index contributed by atoms with van der Waals surface area (Å²) in [5.41, 5.74) is 7.47. The zero-order valence-corrected chi connectivity index (χ0v) is 15.3. The summed E-state index contributed by atoms with van der Waals surface area (Å²) in [4.78, 5) is 32.6. The number of ether oxygens (including phenoxy) is 1. The number of amides is 3. The van der Waals surface area contributed by atoms with Crippen LogP contribution in [0.2, 0.25) is 0 Å². The lowest BCUT2D eigenvalue weighted by atomic mass is 10.0. The molecule has 1 aromatic carbocycles. The zero-order chi connectivity index (χ0) is 19.2. The van der Waals surface area contributed by atoms with Gasteiger partial charge in [0.15, 0.2) is 0 Å². The minimum Gasteiger partial charge on any atom is -0.379 e. The van der Waals surface area contributed by atoms with Crippen LogP contribution >= 0.6 is 0 Å². The molecule has 1 rings (SSSR count). The number of nitrogens with one attached hydrogen (secondary N) is 2. The highest BCUT2D eigenvalue weighted by Crippen LogP contribution is 2.09. The molecule has 0 fully saturated rings. The van der Waals surface area contributed by atoms with Crippen molar-refractivity contribution < 1.29 is 19.1 Å². The Hall–Kier alpha value is -2.41. The highest BCUT2D eigenvalue weighted by molar-refractivity contribution is 5.75. The predicted molar refractivity (Wildman–Crippen MR) is 99.4 cm³/mol. The van der Waals surface area contributed by atoms with Crippen molar-refractivity contribution in [3.63, 3.8) is 0 Å². The second-order valence-corrected chi connectivity index (χ2v) is 6.15. The van der Waals surface area contributed by atoms with Gasteiger partial charge in [-0.2, -0.15) is 0 Å². The molecule has 1 atom stereocenters. The monoisotopic (exact) mass is 363 g/mol. The van der Waals surface area contributed by atoms with Gasteiger partial charge >= 0.3 is 0 Å². The van der Waals surface area contributed by atoms with E-state index in [0.29, 0.717) is 32.5 Å². The number of nitrogens with two attached hydrogens (primary N) is 1. The van der Waals surface area contributed by atoms with Gasteiger partial charge in [0, 0.05) is 26.5 Å². The maximum absolute atomic E-state index is 11.2. The van der Waals surface area contributed by atoms with E-state index in [1.54, 1.807) is 7.05 Å². The Morgan fingerprint density at radius 2 is 1.81 bits per heavy atom. The van der Waals surface area contributed by atoms with Crippen LogP contribution in [0.3, 0.4) is 0 Å². The average Bonchev–Trinajstić information content (AvgIpc) is 2.64. The van der Waals surface area contributed by atoms with Crippen molar-refractivity contribution in [3.8, 4) is 0 Å². The Labute approximate surface area is 154 Å². The quantitative estimate of drug-likeness (QED) is 0.334.